The molecule has 6 heteroatoms. The fraction of sp³-hybridized carbons (Fsp3) is 0.429. The van der Waals surface area contributed by atoms with Gasteiger partial charge in [0, 0.05) is 11.1 Å². The van der Waals surface area contributed by atoms with Crippen molar-refractivity contribution in [2.45, 2.75) is 51.7 Å². The number of alkyl carbamates (subject to hydrolysis) is 1. The molecule has 2 amide bonds. The predicted octanol–water partition coefficient (Wildman–Crippen LogP) is 3.80. The smallest absolute Gasteiger partial charge is 0.408 e. The van der Waals surface area contributed by atoms with Gasteiger partial charge < -0.3 is 21.1 Å². The highest BCUT2D eigenvalue weighted by Gasteiger charge is 2.24. The van der Waals surface area contributed by atoms with Gasteiger partial charge in [0.1, 0.15) is 11.6 Å². The molecule has 4 N–H and O–H groups in total. The van der Waals surface area contributed by atoms with E-state index in [1.165, 1.54) is 0 Å². The van der Waals surface area contributed by atoms with Crippen LogP contribution in [-0.2, 0) is 9.53 Å². The SMILES string of the molecule is CC(C)(C)OC(=O)N[C@@H](CCCCN)C(=O)Nc1cccc2ccccc12. The molecule has 0 aliphatic carbocycles. The Bertz CT molecular complexity index is 778. The number of unbranched alkanes of at least 4 members (excludes halogenated alkanes) is 1. The number of nitrogens with two attached hydrogens (primary N) is 1. The summed E-state index contributed by atoms with van der Waals surface area (Å²) in [6.07, 6.45) is 1.41. The molecule has 6 nitrogen and oxygen atoms in total. The molecule has 0 heterocycles. The highest BCUT2D eigenvalue weighted by atomic mass is 16.6. The number of hydrogen-bond donors (Lipinski definition) is 3. The third-order valence-electron chi connectivity index (χ3n) is 4.00. The molecule has 0 aromatic heterocycles. The Hall–Kier alpha value is -2.60. The van der Waals surface area contributed by atoms with Gasteiger partial charge in [0.15, 0.2) is 0 Å². The molecule has 146 valence electrons. The number of carbonyl (C=O) groups is 2. The van der Waals surface area contributed by atoms with Crippen LogP contribution in [0.25, 0.3) is 10.8 Å². The van der Waals surface area contributed by atoms with E-state index in [-0.39, 0.29) is 5.91 Å². The van der Waals surface area contributed by atoms with E-state index < -0.39 is 17.7 Å². The second-order valence-electron chi connectivity index (χ2n) is 7.50. The highest BCUT2D eigenvalue weighted by molar-refractivity contribution is 6.04. The van der Waals surface area contributed by atoms with E-state index >= 15 is 0 Å². The zero-order valence-corrected chi connectivity index (χ0v) is 16.2. The van der Waals surface area contributed by atoms with E-state index in [1.54, 1.807) is 20.8 Å². The molecule has 2 rings (SSSR count). The first-order valence-corrected chi connectivity index (χ1v) is 9.28. The topological polar surface area (TPSA) is 93.4 Å². The first kappa shape index (κ1) is 20.7. The highest BCUT2D eigenvalue weighted by Crippen LogP contribution is 2.23. The van der Waals surface area contributed by atoms with E-state index in [2.05, 4.69) is 10.6 Å². The molecule has 2 aromatic carbocycles. The normalized spacial score (nSPS) is 12.4. The van der Waals surface area contributed by atoms with Crippen molar-refractivity contribution in [3.05, 3.63) is 42.5 Å². The van der Waals surface area contributed by atoms with E-state index in [1.807, 2.05) is 42.5 Å². The summed E-state index contributed by atoms with van der Waals surface area (Å²) in [4.78, 5) is 25.0. The Labute approximate surface area is 160 Å². The number of rotatable bonds is 7. The van der Waals surface area contributed by atoms with E-state index in [9.17, 15) is 9.59 Å². The summed E-state index contributed by atoms with van der Waals surface area (Å²) in [6.45, 7) is 5.90. The maximum atomic E-state index is 12.8. The molecular formula is C21H29N3O3. The van der Waals surface area contributed by atoms with Gasteiger partial charge >= 0.3 is 6.09 Å². The van der Waals surface area contributed by atoms with Crippen molar-refractivity contribution in [3.8, 4) is 0 Å². The number of anilines is 1. The van der Waals surface area contributed by atoms with Crippen LogP contribution < -0.4 is 16.4 Å². The van der Waals surface area contributed by atoms with Crippen LogP contribution in [0.5, 0.6) is 0 Å². The molecule has 0 unspecified atom stereocenters. The summed E-state index contributed by atoms with van der Waals surface area (Å²) < 4.78 is 5.29. The first-order chi connectivity index (χ1) is 12.8. The third-order valence-corrected chi connectivity index (χ3v) is 4.00. The van der Waals surface area contributed by atoms with E-state index in [0.29, 0.717) is 18.7 Å². The van der Waals surface area contributed by atoms with Gasteiger partial charge in [-0.2, -0.15) is 0 Å². The van der Waals surface area contributed by atoms with Crippen LogP contribution in [0.15, 0.2) is 42.5 Å². The monoisotopic (exact) mass is 371 g/mol. The maximum Gasteiger partial charge on any atom is 0.408 e. The van der Waals surface area contributed by atoms with Gasteiger partial charge in [-0.05, 0) is 58.0 Å². The van der Waals surface area contributed by atoms with Crippen LogP contribution >= 0.6 is 0 Å². The lowest BCUT2D eigenvalue weighted by Crippen LogP contribution is -2.45. The zero-order chi connectivity index (χ0) is 19.9. The van der Waals surface area contributed by atoms with Gasteiger partial charge in [0.05, 0.1) is 0 Å². The zero-order valence-electron chi connectivity index (χ0n) is 16.2. The van der Waals surface area contributed by atoms with Crippen molar-refractivity contribution in [2.75, 3.05) is 11.9 Å². The minimum Gasteiger partial charge on any atom is -0.444 e. The fourth-order valence-corrected chi connectivity index (χ4v) is 2.77. The van der Waals surface area contributed by atoms with E-state index in [0.717, 1.165) is 23.6 Å². The third kappa shape index (κ3) is 6.57. The number of carbonyl (C=O) groups excluding carboxylic acids is 2. The van der Waals surface area contributed by atoms with Crippen LogP contribution in [0.3, 0.4) is 0 Å². The minimum absolute atomic E-state index is 0.269. The van der Waals surface area contributed by atoms with Crippen LogP contribution in [-0.4, -0.2) is 30.2 Å². The standard InChI is InChI=1S/C21H29N3O3/c1-21(2,3)27-20(26)24-18(12-6-7-14-22)19(25)23-17-13-8-10-15-9-4-5-11-16(15)17/h4-5,8-11,13,18H,6-7,12,14,22H2,1-3H3,(H,23,25)(H,24,26)/t18-/m0/s1. The molecule has 0 fully saturated rings. The summed E-state index contributed by atoms with van der Waals surface area (Å²) in [5, 5.41) is 7.61. The van der Waals surface area contributed by atoms with Crippen molar-refractivity contribution < 1.29 is 14.3 Å². The lowest BCUT2D eigenvalue weighted by Gasteiger charge is -2.23. The molecule has 0 radical (unpaired) electrons. The molecule has 2 aromatic rings. The van der Waals surface area contributed by atoms with Crippen LogP contribution in [0.1, 0.15) is 40.0 Å². The molecule has 0 spiro atoms. The van der Waals surface area contributed by atoms with E-state index in [4.69, 9.17) is 10.5 Å². The molecule has 0 saturated heterocycles. The van der Waals surface area contributed by atoms with Crippen LogP contribution in [0.4, 0.5) is 10.5 Å². The number of benzene rings is 2. The molecule has 27 heavy (non-hydrogen) atoms. The second-order valence-corrected chi connectivity index (χ2v) is 7.50. The second kappa shape index (κ2) is 9.37. The number of ether oxygens (including phenoxy) is 1. The molecule has 0 aliphatic heterocycles. The first-order valence-electron chi connectivity index (χ1n) is 9.28. The van der Waals surface area contributed by atoms with Gasteiger partial charge in [-0.25, -0.2) is 4.79 Å². The summed E-state index contributed by atoms with van der Waals surface area (Å²) in [7, 11) is 0. The molecule has 1 atom stereocenters. The summed E-state index contributed by atoms with van der Waals surface area (Å²) in [5.41, 5.74) is 5.64. The number of hydrogen-bond acceptors (Lipinski definition) is 4. The fourth-order valence-electron chi connectivity index (χ4n) is 2.77. The lowest BCUT2D eigenvalue weighted by molar-refractivity contribution is -0.118. The van der Waals surface area contributed by atoms with Gasteiger partial charge in [0.2, 0.25) is 5.91 Å². The van der Waals surface area contributed by atoms with Gasteiger partial charge in [0.25, 0.3) is 0 Å². The lowest BCUT2D eigenvalue weighted by atomic mass is 10.1. The van der Waals surface area contributed by atoms with Crippen LogP contribution in [0, 0.1) is 0 Å². The largest absolute Gasteiger partial charge is 0.444 e. The number of nitrogens with one attached hydrogen (secondary N) is 2. The summed E-state index contributed by atoms with van der Waals surface area (Å²) >= 11 is 0. The van der Waals surface area contributed by atoms with Crippen molar-refractivity contribution in [1.29, 1.82) is 0 Å². The van der Waals surface area contributed by atoms with Gasteiger partial charge in [-0.3, -0.25) is 4.79 Å². The van der Waals surface area contributed by atoms with Crippen molar-refractivity contribution >= 4 is 28.5 Å². The van der Waals surface area contributed by atoms with Crippen molar-refractivity contribution in [1.82, 2.24) is 5.32 Å². The molecule has 0 aliphatic rings. The summed E-state index contributed by atoms with van der Waals surface area (Å²) in [6, 6.07) is 12.9. The van der Waals surface area contributed by atoms with Crippen LogP contribution in [0.2, 0.25) is 0 Å². The Kier molecular flexibility index (Phi) is 7.19. The van der Waals surface area contributed by atoms with Crippen molar-refractivity contribution in [2.24, 2.45) is 5.73 Å². The Balaban J connectivity index is 2.13. The molecular weight excluding hydrogens is 342 g/mol. The average Bonchev–Trinajstić information content (AvgIpc) is 2.60. The quantitative estimate of drug-likeness (QED) is 0.645. The number of fused-ring (bicyclic) bond motifs is 1. The molecule has 0 saturated carbocycles. The summed E-state index contributed by atoms with van der Waals surface area (Å²) in [5.74, 6) is -0.269. The number of amides is 2. The Morgan fingerprint density at radius 1 is 1.07 bits per heavy atom. The van der Waals surface area contributed by atoms with Gasteiger partial charge in [-0.15, -0.1) is 0 Å². The molecule has 0 bridgehead atoms. The predicted molar refractivity (Wildman–Crippen MR) is 109 cm³/mol. The van der Waals surface area contributed by atoms with Crippen molar-refractivity contribution in [3.63, 3.8) is 0 Å². The Morgan fingerprint density at radius 2 is 1.78 bits per heavy atom. The minimum atomic E-state index is -0.689. The average molecular weight is 371 g/mol. The Morgan fingerprint density at radius 3 is 2.48 bits per heavy atom. The maximum absolute atomic E-state index is 12.8. The van der Waals surface area contributed by atoms with Gasteiger partial charge in [-0.1, -0.05) is 36.4 Å².